The smallest absolute Gasteiger partial charge is 0.318 e. The van der Waals surface area contributed by atoms with Crippen LogP contribution in [0.15, 0.2) is 84.9 Å². The molecule has 0 heterocycles. The molecule has 0 bridgehead atoms. The summed E-state index contributed by atoms with van der Waals surface area (Å²) in [7, 11) is 0. The number of nitrogens with zero attached hydrogens (tertiary/aromatic N) is 1. The van der Waals surface area contributed by atoms with E-state index in [-0.39, 0.29) is 12.3 Å². The Balaban J connectivity index is 1.80. The first-order chi connectivity index (χ1) is 12.6. The molecular formula is C21H17NO4. The number of rotatable bonds is 6. The minimum atomic E-state index is -0.545. The third-order valence-corrected chi connectivity index (χ3v) is 4.00. The van der Waals surface area contributed by atoms with Gasteiger partial charge in [0.15, 0.2) is 0 Å². The van der Waals surface area contributed by atoms with E-state index in [9.17, 15) is 14.9 Å². The summed E-state index contributed by atoms with van der Waals surface area (Å²) in [4.78, 5) is 23.2. The van der Waals surface area contributed by atoms with Crippen molar-refractivity contribution in [3.05, 3.63) is 112 Å². The maximum atomic E-state index is 12.8. The van der Waals surface area contributed by atoms with Crippen LogP contribution >= 0.6 is 0 Å². The number of nitro groups is 1. The second kappa shape index (κ2) is 8.07. The first-order valence-corrected chi connectivity index (χ1v) is 8.15. The van der Waals surface area contributed by atoms with Crippen LogP contribution in [0.25, 0.3) is 0 Å². The van der Waals surface area contributed by atoms with E-state index in [4.69, 9.17) is 4.74 Å². The molecule has 3 aromatic carbocycles. The van der Waals surface area contributed by atoms with Gasteiger partial charge >= 0.3 is 5.97 Å². The average molecular weight is 347 g/mol. The van der Waals surface area contributed by atoms with E-state index in [1.54, 1.807) is 12.1 Å². The van der Waals surface area contributed by atoms with E-state index in [1.807, 2.05) is 60.7 Å². The van der Waals surface area contributed by atoms with Gasteiger partial charge in [0.2, 0.25) is 0 Å². The lowest BCUT2D eigenvalue weighted by Crippen LogP contribution is -2.17. The van der Waals surface area contributed by atoms with E-state index in [0.29, 0.717) is 5.56 Å². The lowest BCUT2D eigenvalue weighted by atomic mass is 9.91. The number of non-ortho nitro benzene ring substituents is 1. The van der Waals surface area contributed by atoms with Gasteiger partial charge in [-0.05, 0) is 16.7 Å². The molecule has 0 N–H and O–H groups in total. The maximum Gasteiger partial charge on any atom is 0.318 e. The molecule has 0 spiro atoms. The Morgan fingerprint density at radius 3 is 2.00 bits per heavy atom. The number of hydrogen-bond donors (Lipinski definition) is 0. The van der Waals surface area contributed by atoms with Gasteiger partial charge in [-0.25, -0.2) is 0 Å². The molecule has 0 aliphatic heterocycles. The summed E-state index contributed by atoms with van der Waals surface area (Å²) >= 11 is 0. The number of esters is 1. The molecule has 0 unspecified atom stereocenters. The highest BCUT2D eigenvalue weighted by molar-refractivity contribution is 5.82. The minimum absolute atomic E-state index is 0.0172. The van der Waals surface area contributed by atoms with E-state index in [2.05, 4.69) is 0 Å². The third-order valence-electron chi connectivity index (χ3n) is 4.00. The van der Waals surface area contributed by atoms with Crippen molar-refractivity contribution in [1.82, 2.24) is 0 Å². The first-order valence-electron chi connectivity index (χ1n) is 8.15. The molecule has 5 nitrogen and oxygen atoms in total. The predicted octanol–water partition coefficient (Wildman–Crippen LogP) is 4.47. The number of hydrogen-bond acceptors (Lipinski definition) is 4. The van der Waals surface area contributed by atoms with Gasteiger partial charge in [-0.1, -0.05) is 72.8 Å². The van der Waals surface area contributed by atoms with Crippen LogP contribution in [0.1, 0.15) is 22.6 Å². The molecule has 130 valence electrons. The highest BCUT2D eigenvalue weighted by atomic mass is 16.6. The molecule has 0 fully saturated rings. The molecule has 3 aromatic rings. The van der Waals surface area contributed by atoms with Crippen LogP contribution in [-0.4, -0.2) is 10.9 Å². The van der Waals surface area contributed by atoms with Crippen molar-refractivity contribution in [2.45, 2.75) is 12.5 Å². The SMILES string of the molecule is O=C(OCc1cccc([N+](=O)[O-])c1)C(c1ccccc1)c1ccccc1. The molecular weight excluding hydrogens is 330 g/mol. The monoisotopic (exact) mass is 347 g/mol. The fourth-order valence-corrected chi connectivity index (χ4v) is 2.75. The second-order valence-corrected chi connectivity index (χ2v) is 5.79. The zero-order valence-electron chi connectivity index (χ0n) is 13.9. The van der Waals surface area contributed by atoms with Crippen LogP contribution in [0.2, 0.25) is 0 Å². The number of carbonyl (C=O) groups is 1. The van der Waals surface area contributed by atoms with Crippen molar-refractivity contribution < 1.29 is 14.5 Å². The third kappa shape index (κ3) is 4.13. The molecule has 3 rings (SSSR count). The van der Waals surface area contributed by atoms with Crippen molar-refractivity contribution in [2.75, 3.05) is 0 Å². The van der Waals surface area contributed by atoms with Crippen molar-refractivity contribution in [1.29, 1.82) is 0 Å². The highest BCUT2D eigenvalue weighted by Crippen LogP contribution is 2.26. The zero-order valence-corrected chi connectivity index (χ0v) is 13.9. The second-order valence-electron chi connectivity index (χ2n) is 5.79. The summed E-state index contributed by atoms with van der Waals surface area (Å²) in [5.41, 5.74) is 2.22. The van der Waals surface area contributed by atoms with Gasteiger partial charge in [0.05, 0.1) is 4.92 Å². The molecule has 0 aliphatic rings. The van der Waals surface area contributed by atoms with Crippen molar-refractivity contribution in [3.63, 3.8) is 0 Å². The lowest BCUT2D eigenvalue weighted by molar-refractivity contribution is -0.384. The summed E-state index contributed by atoms with van der Waals surface area (Å²) in [6, 6.07) is 24.9. The van der Waals surface area contributed by atoms with Gasteiger partial charge in [-0.3, -0.25) is 14.9 Å². The minimum Gasteiger partial charge on any atom is -0.460 e. The Morgan fingerprint density at radius 2 is 1.46 bits per heavy atom. The lowest BCUT2D eigenvalue weighted by Gasteiger charge is -2.17. The fraction of sp³-hybridized carbons (Fsp3) is 0.0952. The summed E-state index contributed by atoms with van der Waals surface area (Å²) in [6.45, 7) is -0.0172. The highest BCUT2D eigenvalue weighted by Gasteiger charge is 2.24. The van der Waals surface area contributed by atoms with Crippen molar-refractivity contribution in [2.24, 2.45) is 0 Å². The van der Waals surface area contributed by atoms with E-state index >= 15 is 0 Å². The summed E-state index contributed by atoms with van der Waals surface area (Å²) < 4.78 is 5.47. The van der Waals surface area contributed by atoms with E-state index < -0.39 is 16.8 Å². The normalized spacial score (nSPS) is 10.5. The van der Waals surface area contributed by atoms with Crippen LogP contribution in [0.5, 0.6) is 0 Å². The Hall–Kier alpha value is -3.47. The standard InChI is InChI=1S/C21H17NO4/c23-21(26-15-16-8-7-13-19(14-16)22(24)25)20(17-9-3-1-4-10-17)18-11-5-2-6-12-18/h1-14,20H,15H2. The maximum absolute atomic E-state index is 12.8. The Labute approximate surface area is 151 Å². The van der Waals surface area contributed by atoms with E-state index in [1.165, 1.54) is 12.1 Å². The molecule has 0 amide bonds. The summed E-state index contributed by atoms with van der Waals surface area (Å²) in [5.74, 6) is -0.940. The topological polar surface area (TPSA) is 69.4 Å². The number of ether oxygens (including phenoxy) is 1. The van der Waals surface area contributed by atoms with Crippen LogP contribution in [-0.2, 0) is 16.1 Å². The number of benzene rings is 3. The quantitative estimate of drug-likeness (QED) is 0.375. The van der Waals surface area contributed by atoms with Crippen LogP contribution in [0.3, 0.4) is 0 Å². The van der Waals surface area contributed by atoms with Gasteiger partial charge < -0.3 is 4.74 Å². The average Bonchev–Trinajstić information content (AvgIpc) is 2.68. The Kier molecular flexibility index (Phi) is 5.39. The summed E-state index contributed by atoms with van der Waals surface area (Å²) in [5, 5.41) is 10.9. The Bertz CT molecular complexity index is 855. The molecule has 0 saturated carbocycles. The molecule has 0 aliphatic carbocycles. The molecule has 0 saturated heterocycles. The van der Waals surface area contributed by atoms with Crippen molar-refractivity contribution in [3.8, 4) is 0 Å². The first kappa shape index (κ1) is 17.4. The predicted molar refractivity (Wildman–Crippen MR) is 97.6 cm³/mol. The van der Waals surface area contributed by atoms with Crippen LogP contribution < -0.4 is 0 Å². The van der Waals surface area contributed by atoms with Gasteiger partial charge in [0.1, 0.15) is 12.5 Å². The van der Waals surface area contributed by atoms with Gasteiger partial charge in [0.25, 0.3) is 5.69 Å². The zero-order chi connectivity index (χ0) is 18.4. The molecule has 0 radical (unpaired) electrons. The largest absolute Gasteiger partial charge is 0.460 e. The van der Waals surface area contributed by atoms with Gasteiger partial charge in [0, 0.05) is 12.1 Å². The van der Waals surface area contributed by atoms with Crippen LogP contribution in [0.4, 0.5) is 5.69 Å². The summed E-state index contributed by atoms with van der Waals surface area (Å²) in [6.07, 6.45) is 0. The molecule has 0 aromatic heterocycles. The van der Waals surface area contributed by atoms with Crippen molar-refractivity contribution >= 4 is 11.7 Å². The molecule has 0 atom stereocenters. The van der Waals surface area contributed by atoms with Gasteiger partial charge in [-0.2, -0.15) is 0 Å². The number of carbonyl (C=O) groups excluding carboxylic acids is 1. The van der Waals surface area contributed by atoms with Crippen LogP contribution in [0, 0.1) is 10.1 Å². The Morgan fingerprint density at radius 1 is 0.885 bits per heavy atom. The molecule has 5 heteroatoms. The fourth-order valence-electron chi connectivity index (χ4n) is 2.75. The van der Waals surface area contributed by atoms with Gasteiger partial charge in [-0.15, -0.1) is 0 Å². The molecule has 26 heavy (non-hydrogen) atoms. The number of nitro benzene ring substituents is 1. The van der Waals surface area contributed by atoms with E-state index in [0.717, 1.165) is 11.1 Å².